The number of carbonyl (C=O) groups is 1. The molecule has 5 aliphatic rings. The lowest BCUT2D eigenvalue weighted by molar-refractivity contribution is -0.102. The molecule has 7 rings (SSSR count). The molecule has 0 radical (unpaired) electrons. The van der Waals surface area contributed by atoms with Crippen LogP contribution in [0.2, 0.25) is 0 Å². The molecule has 5 N–H and O–H groups in total. The minimum atomic E-state index is -0.814. The second-order valence-electron chi connectivity index (χ2n) is 12.5. The standard InChI is InChI=1S/C31H37N3O3/c1-17(14-20-6-8-22(35)9-7-20)33-25-12-13-31(37)28-30(34(28)15-21-4-5-21)16-29(31,19(25)3)26-18(2)23(27(32)36)10-11-24(26)30/h6-11,19,21,25,28,33,35,37H,1,4-5,12-16H2,2-3H3,(H2,32,36). The molecule has 1 saturated heterocycles. The van der Waals surface area contributed by atoms with E-state index in [1.807, 2.05) is 25.1 Å². The summed E-state index contributed by atoms with van der Waals surface area (Å²) in [4.78, 5) is 15.0. The van der Waals surface area contributed by atoms with Gasteiger partial charge in [0.05, 0.1) is 17.2 Å². The van der Waals surface area contributed by atoms with Crippen LogP contribution >= 0.6 is 0 Å². The summed E-state index contributed by atoms with van der Waals surface area (Å²) in [5.41, 5.74) is 10.5. The number of benzene rings is 2. The maximum Gasteiger partial charge on any atom is 0.248 e. The van der Waals surface area contributed by atoms with Crippen molar-refractivity contribution in [3.63, 3.8) is 0 Å². The maximum absolute atomic E-state index is 12.7. The van der Waals surface area contributed by atoms with E-state index in [1.54, 1.807) is 12.1 Å². The van der Waals surface area contributed by atoms with Crippen molar-refractivity contribution in [1.29, 1.82) is 0 Å². The van der Waals surface area contributed by atoms with E-state index in [1.165, 1.54) is 24.0 Å². The number of phenolic OH excluding ortho intramolecular Hbond substituents is 1. The van der Waals surface area contributed by atoms with Crippen molar-refractivity contribution >= 4 is 5.91 Å². The monoisotopic (exact) mass is 499 g/mol. The molecule has 6 nitrogen and oxygen atoms in total. The highest BCUT2D eigenvalue weighted by Crippen LogP contribution is 2.80. The van der Waals surface area contributed by atoms with Crippen LogP contribution in [0.15, 0.2) is 48.7 Å². The van der Waals surface area contributed by atoms with Crippen molar-refractivity contribution < 1.29 is 15.0 Å². The second-order valence-corrected chi connectivity index (χ2v) is 12.5. The zero-order valence-electron chi connectivity index (χ0n) is 21.8. The zero-order chi connectivity index (χ0) is 25.9. The number of phenols is 1. The minimum absolute atomic E-state index is 0.111. The van der Waals surface area contributed by atoms with E-state index in [0.29, 0.717) is 12.0 Å². The van der Waals surface area contributed by atoms with Gasteiger partial charge in [-0.15, -0.1) is 0 Å². The Labute approximate surface area is 218 Å². The van der Waals surface area contributed by atoms with Crippen LogP contribution in [0.1, 0.15) is 71.6 Å². The molecule has 194 valence electrons. The molecule has 4 fully saturated rings. The van der Waals surface area contributed by atoms with E-state index in [2.05, 4.69) is 29.8 Å². The number of fused-ring (bicyclic) bond motifs is 2. The Balaban J connectivity index is 1.26. The van der Waals surface area contributed by atoms with Crippen LogP contribution in [-0.2, 0) is 17.4 Å². The van der Waals surface area contributed by atoms with Gasteiger partial charge in [0.1, 0.15) is 5.75 Å². The van der Waals surface area contributed by atoms with E-state index in [9.17, 15) is 15.0 Å². The number of hydrogen-bond donors (Lipinski definition) is 4. The third-order valence-electron chi connectivity index (χ3n) is 10.7. The topological polar surface area (TPSA) is 98.6 Å². The number of nitrogens with zero attached hydrogens (tertiary/aromatic N) is 1. The smallest absolute Gasteiger partial charge is 0.248 e. The number of amides is 1. The number of rotatable bonds is 7. The lowest BCUT2D eigenvalue weighted by Gasteiger charge is -2.55. The Morgan fingerprint density at radius 2 is 1.92 bits per heavy atom. The highest BCUT2D eigenvalue weighted by atomic mass is 16.3. The first-order valence-electron chi connectivity index (χ1n) is 13.8. The predicted molar refractivity (Wildman–Crippen MR) is 142 cm³/mol. The highest BCUT2D eigenvalue weighted by Gasteiger charge is 2.88. The van der Waals surface area contributed by atoms with Crippen LogP contribution in [0.3, 0.4) is 0 Å². The van der Waals surface area contributed by atoms with E-state index in [0.717, 1.165) is 48.5 Å². The maximum atomic E-state index is 12.7. The van der Waals surface area contributed by atoms with E-state index in [4.69, 9.17) is 5.73 Å². The van der Waals surface area contributed by atoms with Crippen LogP contribution in [0.25, 0.3) is 0 Å². The highest BCUT2D eigenvalue weighted by molar-refractivity contribution is 5.95. The Morgan fingerprint density at radius 3 is 2.59 bits per heavy atom. The molecule has 2 aromatic carbocycles. The van der Waals surface area contributed by atoms with Crippen molar-refractivity contribution in [3.8, 4) is 5.75 Å². The van der Waals surface area contributed by atoms with Crippen molar-refractivity contribution in [3.05, 3.63) is 76.5 Å². The van der Waals surface area contributed by atoms with Crippen LogP contribution in [0.4, 0.5) is 0 Å². The van der Waals surface area contributed by atoms with Gasteiger partial charge in [-0.2, -0.15) is 0 Å². The Morgan fingerprint density at radius 1 is 1.19 bits per heavy atom. The normalized spacial score (nSPS) is 38.5. The molecule has 37 heavy (non-hydrogen) atoms. The fourth-order valence-electron chi connectivity index (χ4n) is 9.01. The van der Waals surface area contributed by atoms with E-state index in [-0.39, 0.29) is 29.3 Å². The summed E-state index contributed by atoms with van der Waals surface area (Å²) >= 11 is 0. The Hall–Kier alpha value is -2.83. The summed E-state index contributed by atoms with van der Waals surface area (Å²) < 4.78 is 0. The molecule has 4 aliphatic carbocycles. The van der Waals surface area contributed by atoms with E-state index >= 15 is 0 Å². The van der Waals surface area contributed by atoms with Crippen LogP contribution in [0, 0.1) is 18.8 Å². The molecule has 2 spiro atoms. The molecule has 7 atom stereocenters. The number of nitrogens with one attached hydrogen (secondary N) is 1. The third kappa shape index (κ3) is 2.86. The lowest BCUT2D eigenvalue weighted by atomic mass is 9.53. The van der Waals surface area contributed by atoms with Gasteiger partial charge < -0.3 is 21.3 Å². The number of nitrogens with two attached hydrogens (primary N) is 1. The number of piperidine rings is 1. The third-order valence-corrected chi connectivity index (χ3v) is 10.7. The Bertz CT molecular complexity index is 1330. The molecule has 3 saturated carbocycles. The fraction of sp³-hybridized carbons (Fsp3) is 0.516. The SMILES string of the molecule is C=C(Cc1ccc(O)cc1)NC1CCC2(O)C3N(CC4CC4)C34CC2(c2c4ccc(C(N)=O)c2C)C1C. The number of likely N-dealkylation sites (tertiary alicyclic amines) is 1. The first kappa shape index (κ1) is 23.3. The summed E-state index contributed by atoms with van der Waals surface area (Å²) in [5, 5.41) is 26.0. The number of carbonyl (C=O) groups excluding carboxylic acids is 1. The van der Waals surface area contributed by atoms with Gasteiger partial charge in [-0.25, -0.2) is 0 Å². The summed E-state index contributed by atoms with van der Waals surface area (Å²) in [5.74, 6) is 0.768. The Kier molecular flexibility index (Phi) is 4.65. The molecule has 7 unspecified atom stereocenters. The number of allylic oxidation sites excluding steroid dienone is 1. The first-order chi connectivity index (χ1) is 17.6. The molecular weight excluding hydrogens is 462 g/mol. The summed E-state index contributed by atoms with van der Waals surface area (Å²) in [7, 11) is 0. The average Bonchev–Trinajstić information content (AvgIpc) is 3.74. The minimum Gasteiger partial charge on any atom is -0.508 e. The van der Waals surface area contributed by atoms with Crippen LogP contribution in [-0.4, -0.2) is 45.2 Å². The molecule has 1 heterocycles. The van der Waals surface area contributed by atoms with Crippen molar-refractivity contribution in [1.82, 2.24) is 10.2 Å². The van der Waals surface area contributed by atoms with Gasteiger partial charge >= 0.3 is 0 Å². The molecule has 1 amide bonds. The van der Waals surface area contributed by atoms with E-state index < -0.39 is 16.9 Å². The number of primary amides is 1. The summed E-state index contributed by atoms with van der Waals surface area (Å²) in [6, 6.07) is 11.6. The largest absolute Gasteiger partial charge is 0.508 e. The average molecular weight is 500 g/mol. The van der Waals surface area contributed by atoms with Crippen molar-refractivity contribution in [2.45, 2.75) is 81.0 Å². The molecule has 2 aromatic rings. The van der Waals surface area contributed by atoms with Gasteiger partial charge in [-0.05, 0) is 91.3 Å². The van der Waals surface area contributed by atoms with Gasteiger partial charge in [0.25, 0.3) is 0 Å². The zero-order valence-corrected chi connectivity index (χ0v) is 21.8. The van der Waals surface area contributed by atoms with Gasteiger partial charge in [0.15, 0.2) is 0 Å². The molecule has 6 heteroatoms. The second kappa shape index (κ2) is 7.39. The molecule has 0 aromatic heterocycles. The van der Waals surface area contributed by atoms with Crippen molar-refractivity contribution in [2.24, 2.45) is 17.6 Å². The summed E-state index contributed by atoms with van der Waals surface area (Å²) in [6.45, 7) is 9.71. The van der Waals surface area contributed by atoms with Gasteiger partial charge in [0, 0.05) is 35.7 Å². The van der Waals surface area contributed by atoms with Crippen LogP contribution < -0.4 is 11.1 Å². The number of aliphatic hydroxyl groups is 1. The summed E-state index contributed by atoms with van der Waals surface area (Å²) in [6.07, 6.45) is 5.79. The number of hydrogen-bond acceptors (Lipinski definition) is 5. The van der Waals surface area contributed by atoms with Crippen molar-refractivity contribution in [2.75, 3.05) is 6.54 Å². The lowest BCUT2D eigenvalue weighted by Crippen LogP contribution is -2.65. The molecular formula is C31H37N3O3. The van der Waals surface area contributed by atoms with Gasteiger partial charge in [0.2, 0.25) is 5.91 Å². The quantitative estimate of drug-likeness (QED) is 0.436. The molecule has 2 bridgehead atoms. The van der Waals surface area contributed by atoms with Gasteiger partial charge in [-0.3, -0.25) is 9.69 Å². The predicted octanol–water partition coefficient (Wildman–Crippen LogP) is 3.62. The molecule has 1 aliphatic heterocycles. The fourth-order valence-corrected chi connectivity index (χ4v) is 9.01. The van der Waals surface area contributed by atoms with Gasteiger partial charge in [-0.1, -0.05) is 31.7 Å². The first-order valence-corrected chi connectivity index (χ1v) is 13.8. The van der Waals surface area contributed by atoms with Crippen LogP contribution in [0.5, 0.6) is 5.75 Å². The number of aromatic hydroxyl groups is 1.